The van der Waals surface area contributed by atoms with E-state index in [4.69, 9.17) is 9.26 Å². The summed E-state index contributed by atoms with van der Waals surface area (Å²) in [5, 5.41) is 12.7. The van der Waals surface area contributed by atoms with Crippen LogP contribution in [0.3, 0.4) is 0 Å². The normalized spacial score (nSPS) is 22.3. The Labute approximate surface area is 130 Å². The monoisotopic (exact) mass is 330 g/mol. The molecule has 2 heterocycles. The summed E-state index contributed by atoms with van der Waals surface area (Å²) in [5.74, 6) is -0.785. The number of nitrogens with zero attached hydrogens (tertiary/aromatic N) is 2. The maximum atomic E-state index is 14.9. The number of benzene rings is 1. The van der Waals surface area contributed by atoms with Crippen LogP contribution in [0.1, 0.15) is 31.5 Å². The molecule has 2 atom stereocenters. The van der Waals surface area contributed by atoms with Crippen LogP contribution >= 0.6 is 0 Å². The third-order valence-electron chi connectivity index (χ3n) is 3.90. The fourth-order valence-corrected chi connectivity index (χ4v) is 3.08. The van der Waals surface area contributed by atoms with E-state index in [-0.39, 0.29) is 34.4 Å². The molecule has 126 valence electrons. The molecule has 1 aliphatic rings. The van der Waals surface area contributed by atoms with Crippen molar-refractivity contribution in [1.82, 2.24) is 5.16 Å². The number of fused-ring (bicyclic) bond motifs is 1. The molecular formula is C15H17F3N2O3. The molecule has 0 bridgehead atoms. The van der Waals surface area contributed by atoms with Crippen molar-refractivity contribution in [3.05, 3.63) is 23.1 Å². The lowest BCUT2D eigenvalue weighted by Crippen LogP contribution is -2.46. The molecule has 1 fully saturated rings. The lowest BCUT2D eigenvalue weighted by Gasteiger charge is -2.37. The maximum absolute atomic E-state index is 14.9. The zero-order valence-corrected chi connectivity index (χ0v) is 12.7. The van der Waals surface area contributed by atoms with Crippen molar-refractivity contribution in [2.75, 3.05) is 18.0 Å². The summed E-state index contributed by atoms with van der Waals surface area (Å²) < 4.78 is 51.1. The Bertz CT molecular complexity index is 710. The van der Waals surface area contributed by atoms with Crippen LogP contribution < -0.4 is 4.90 Å². The van der Waals surface area contributed by atoms with Crippen molar-refractivity contribution >= 4 is 16.7 Å². The number of hydrogen-bond acceptors (Lipinski definition) is 5. The predicted octanol–water partition coefficient (Wildman–Crippen LogP) is 3.01. The largest absolute Gasteiger partial charge is 0.392 e. The van der Waals surface area contributed by atoms with E-state index in [1.54, 1.807) is 4.90 Å². The number of alkyl halides is 2. The third-order valence-corrected chi connectivity index (χ3v) is 3.90. The van der Waals surface area contributed by atoms with E-state index in [2.05, 4.69) is 5.16 Å². The van der Waals surface area contributed by atoms with Crippen molar-refractivity contribution < 1.29 is 27.5 Å². The van der Waals surface area contributed by atoms with Crippen LogP contribution in [0.25, 0.3) is 11.0 Å². The fourth-order valence-electron chi connectivity index (χ4n) is 3.08. The number of morpholine rings is 1. The Morgan fingerprint density at radius 3 is 2.57 bits per heavy atom. The Kier molecular flexibility index (Phi) is 4.20. The molecule has 1 aliphatic heterocycles. The highest BCUT2D eigenvalue weighted by Gasteiger charge is 2.30. The first-order valence-corrected chi connectivity index (χ1v) is 7.32. The van der Waals surface area contributed by atoms with Gasteiger partial charge in [-0.1, -0.05) is 5.16 Å². The highest BCUT2D eigenvalue weighted by molar-refractivity contribution is 5.86. The molecule has 0 radical (unpaired) electrons. The molecule has 1 N–H and O–H groups in total. The molecule has 1 saturated heterocycles. The van der Waals surface area contributed by atoms with Crippen LogP contribution in [0.4, 0.5) is 18.9 Å². The van der Waals surface area contributed by atoms with Gasteiger partial charge in [-0.15, -0.1) is 0 Å². The summed E-state index contributed by atoms with van der Waals surface area (Å²) in [6.07, 6.45) is -3.12. The van der Waals surface area contributed by atoms with E-state index in [1.807, 2.05) is 13.8 Å². The Morgan fingerprint density at radius 1 is 1.35 bits per heavy atom. The van der Waals surface area contributed by atoms with Gasteiger partial charge in [-0.25, -0.2) is 13.2 Å². The first kappa shape index (κ1) is 16.1. The molecule has 0 unspecified atom stereocenters. The Hall–Kier alpha value is -1.80. The topological polar surface area (TPSA) is 58.7 Å². The number of aromatic nitrogens is 1. The van der Waals surface area contributed by atoms with E-state index in [0.29, 0.717) is 13.1 Å². The van der Waals surface area contributed by atoms with Gasteiger partial charge in [0.15, 0.2) is 11.5 Å². The number of rotatable bonds is 3. The average Bonchev–Trinajstić information content (AvgIpc) is 2.90. The van der Waals surface area contributed by atoms with Crippen LogP contribution in [0.5, 0.6) is 0 Å². The Balaban J connectivity index is 2.15. The second-order valence-electron chi connectivity index (χ2n) is 5.76. The molecule has 5 nitrogen and oxygen atoms in total. The summed E-state index contributed by atoms with van der Waals surface area (Å²) in [4.78, 5) is 1.74. The van der Waals surface area contributed by atoms with E-state index in [0.717, 1.165) is 0 Å². The van der Waals surface area contributed by atoms with Crippen LogP contribution in [-0.4, -0.2) is 35.6 Å². The summed E-state index contributed by atoms with van der Waals surface area (Å²) in [6, 6.07) is 1.32. The van der Waals surface area contributed by atoms with Gasteiger partial charge >= 0.3 is 0 Å². The minimum atomic E-state index is -2.88. The molecule has 0 amide bonds. The van der Waals surface area contributed by atoms with Crippen LogP contribution in [0.2, 0.25) is 0 Å². The summed E-state index contributed by atoms with van der Waals surface area (Å²) >= 11 is 0. The van der Waals surface area contributed by atoms with Crippen molar-refractivity contribution in [3.8, 4) is 0 Å². The van der Waals surface area contributed by atoms with Gasteiger partial charge in [0.1, 0.15) is 0 Å². The second kappa shape index (κ2) is 6.01. The fraction of sp³-hybridized carbons (Fsp3) is 0.533. The van der Waals surface area contributed by atoms with E-state index >= 15 is 0 Å². The third kappa shape index (κ3) is 2.76. The highest BCUT2D eigenvalue weighted by atomic mass is 19.3. The molecule has 0 saturated carbocycles. The molecule has 0 spiro atoms. The number of ether oxygens (including phenoxy) is 1. The Morgan fingerprint density at radius 2 is 2.00 bits per heavy atom. The van der Waals surface area contributed by atoms with Crippen LogP contribution in [-0.2, 0) is 11.3 Å². The minimum Gasteiger partial charge on any atom is -0.392 e. The van der Waals surface area contributed by atoms with Gasteiger partial charge in [0.2, 0.25) is 5.58 Å². The molecule has 0 aliphatic carbocycles. The quantitative estimate of drug-likeness (QED) is 0.937. The first-order chi connectivity index (χ1) is 10.9. The molecule has 2 aromatic rings. The van der Waals surface area contributed by atoms with Crippen molar-refractivity contribution in [2.45, 2.75) is 39.1 Å². The summed E-state index contributed by atoms with van der Waals surface area (Å²) in [5.41, 5.74) is -0.566. The predicted molar refractivity (Wildman–Crippen MR) is 77.1 cm³/mol. The van der Waals surface area contributed by atoms with Crippen molar-refractivity contribution in [2.24, 2.45) is 0 Å². The summed E-state index contributed by atoms with van der Waals surface area (Å²) in [6.45, 7) is 4.10. The lowest BCUT2D eigenvalue weighted by molar-refractivity contribution is -0.00549. The smallest absolute Gasteiger partial charge is 0.284 e. The second-order valence-corrected chi connectivity index (χ2v) is 5.76. The average molecular weight is 330 g/mol. The lowest BCUT2D eigenvalue weighted by atomic mass is 10.1. The number of aliphatic hydroxyl groups is 1. The number of anilines is 1. The van der Waals surface area contributed by atoms with Crippen molar-refractivity contribution in [1.29, 1.82) is 0 Å². The van der Waals surface area contributed by atoms with Gasteiger partial charge < -0.3 is 19.3 Å². The zero-order chi connectivity index (χ0) is 16.7. The molecular weight excluding hydrogens is 313 g/mol. The van der Waals surface area contributed by atoms with Crippen molar-refractivity contribution in [3.63, 3.8) is 0 Å². The van der Waals surface area contributed by atoms with E-state index in [9.17, 15) is 18.3 Å². The van der Waals surface area contributed by atoms with Gasteiger partial charge in [0.05, 0.1) is 29.9 Å². The van der Waals surface area contributed by atoms with Crippen LogP contribution in [0.15, 0.2) is 10.6 Å². The molecule has 23 heavy (non-hydrogen) atoms. The molecule has 1 aromatic carbocycles. The standard InChI is InChI=1S/C15H17F3N2O3/c1-7-4-20(5-8(2)22-7)13-9(6-21)3-10-12(15(17)18)19-23-14(10)11(13)16/h3,7-8,15,21H,4-6H2,1-2H3/t7-,8-/m1/s1. The van der Waals surface area contributed by atoms with Gasteiger partial charge in [-0.05, 0) is 19.9 Å². The molecule has 8 heteroatoms. The van der Waals surface area contributed by atoms with Gasteiger partial charge in [-0.2, -0.15) is 0 Å². The first-order valence-electron chi connectivity index (χ1n) is 7.32. The molecule has 1 aromatic heterocycles. The van der Waals surface area contributed by atoms with E-state index in [1.165, 1.54) is 6.07 Å². The highest BCUT2D eigenvalue weighted by Crippen LogP contribution is 2.37. The number of halogens is 3. The van der Waals surface area contributed by atoms with E-state index < -0.39 is 24.5 Å². The van der Waals surface area contributed by atoms with Gasteiger partial charge in [0, 0.05) is 18.7 Å². The van der Waals surface area contributed by atoms with Gasteiger partial charge in [-0.3, -0.25) is 0 Å². The minimum absolute atomic E-state index is 0.111. The zero-order valence-electron chi connectivity index (χ0n) is 12.7. The molecule has 3 rings (SSSR count). The SMILES string of the molecule is C[C@@H]1CN(c2c(CO)cc3c(C(F)F)noc3c2F)C[C@@H](C)O1. The number of hydrogen-bond donors (Lipinski definition) is 1. The van der Waals surface area contributed by atoms with Gasteiger partial charge in [0.25, 0.3) is 6.43 Å². The van der Waals surface area contributed by atoms with Crippen LogP contribution in [0, 0.1) is 5.82 Å². The maximum Gasteiger partial charge on any atom is 0.284 e. The summed E-state index contributed by atoms with van der Waals surface area (Å²) in [7, 11) is 0. The number of aliphatic hydroxyl groups excluding tert-OH is 1.